The molecule has 0 atom stereocenters. The van der Waals surface area contributed by atoms with E-state index in [-0.39, 0.29) is 17.9 Å². The Labute approximate surface area is 201 Å². The van der Waals surface area contributed by atoms with Crippen LogP contribution in [0, 0.1) is 5.82 Å². The highest BCUT2D eigenvalue weighted by Gasteiger charge is 2.15. The lowest BCUT2D eigenvalue weighted by molar-refractivity contribution is 0.122. The highest BCUT2D eigenvalue weighted by molar-refractivity contribution is 7.07. The first-order valence-corrected chi connectivity index (χ1v) is 12.1. The maximum atomic E-state index is 13.7. The minimum absolute atomic E-state index is 0.0446. The molecule has 34 heavy (non-hydrogen) atoms. The van der Waals surface area contributed by atoms with Crippen molar-refractivity contribution in [3.8, 4) is 11.4 Å². The number of rotatable bonds is 7. The quantitative estimate of drug-likeness (QED) is 0.537. The molecule has 1 aliphatic rings. The smallest absolute Gasteiger partial charge is 0.315 e. The molecular formula is C23H28FN7O2S. The van der Waals surface area contributed by atoms with Crippen LogP contribution in [0.15, 0.2) is 46.8 Å². The molecular weight excluding hydrogens is 457 g/mol. The number of thiazole rings is 1. The van der Waals surface area contributed by atoms with Crippen molar-refractivity contribution in [3.05, 3.63) is 52.4 Å². The van der Waals surface area contributed by atoms with Gasteiger partial charge >= 0.3 is 6.03 Å². The van der Waals surface area contributed by atoms with E-state index in [4.69, 9.17) is 4.74 Å². The zero-order valence-corrected chi connectivity index (χ0v) is 20.0. The predicted octanol–water partition coefficient (Wildman–Crippen LogP) is 2.92. The second kappa shape index (κ2) is 11.2. The number of halogens is 1. The van der Waals surface area contributed by atoms with E-state index in [0.29, 0.717) is 42.5 Å². The van der Waals surface area contributed by atoms with Gasteiger partial charge in [-0.05, 0) is 44.2 Å². The monoisotopic (exact) mass is 485 g/mol. The molecule has 2 aromatic heterocycles. The summed E-state index contributed by atoms with van der Waals surface area (Å²) in [5.41, 5.74) is 2.04. The van der Waals surface area contributed by atoms with Crippen LogP contribution in [-0.2, 0) is 11.3 Å². The topological polar surface area (TPSA) is 96.7 Å². The van der Waals surface area contributed by atoms with Crippen molar-refractivity contribution < 1.29 is 13.9 Å². The van der Waals surface area contributed by atoms with Gasteiger partial charge in [0.25, 0.3) is 0 Å². The van der Waals surface area contributed by atoms with Gasteiger partial charge in [0.05, 0.1) is 24.6 Å². The van der Waals surface area contributed by atoms with E-state index in [1.165, 1.54) is 23.5 Å². The van der Waals surface area contributed by atoms with Gasteiger partial charge in [-0.25, -0.2) is 14.2 Å². The standard InChI is InChI=1S/C23H28FN7O2S/c1-16(2)26-22(32)25-8-9-31-20(15-34-23(31)27-18-5-3-4-17(24)14-18)19-6-7-21(29-28-19)30-10-12-33-13-11-30/h3-7,14-16H,8-13H2,1-2H3,(H2,25,26,32). The Bertz CT molecular complexity index is 1170. The number of amides is 2. The third kappa shape index (κ3) is 6.17. The van der Waals surface area contributed by atoms with Crippen LogP contribution in [-0.4, -0.2) is 59.7 Å². The van der Waals surface area contributed by atoms with Crippen molar-refractivity contribution >= 4 is 28.9 Å². The fourth-order valence-electron chi connectivity index (χ4n) is 3.51. The Morgan fingerprint density at radius 2 is 2.06 bits per heavy atom. The lowest BCUT2D eigenvalue weighted by Gasteiger charge is -2.27. The Balaban J connectivity index is 1.61. The van der Waals surface area contributed by atoms with Gasteiger partial charge in [0.2, 0.25) is 0 Å². The minimum Gasteiger partial charge on any atom is -0.378 e. The molecule has 0 aliphatic carbocycles. The zero-order chi connectivity index (χ0) is 23.9. The van der Waals surface area contributed by atoms with E-state index in [9.17, 15) is 9.18 Å². The fourth-order valence-corrected chi connectivity index (χ4v) is 4.45. The molecule has 9 nitrogen and oxygen atoms in total. The van der Waals surface area contributed by atoms with Crippen LogP contribution in [0.2, 0.25) is 0 Å². The highest BCUT2D eigenvalue weighted by Crippen LogP contribution is 2.21. The van der Waals surface area contributed by atoms with Gasteiger partial charge in [-0.2, -0.15) is 0 Å². The van der Waals surface area contributed by atoms with Crippen molar-refractivity contribution in [1.29, 1.82) is 0 Å². The summed E-state index contributed by atoms with van der Waals surface area (Å²) in [5.74, 6) is 0.465. The molecule has 0 radical (unpaired) electrons. The van der Waals surface area contributed by atoms with Crippen LogP contribution in [0.1, 0.15) is 13.8 Å². The van der Waals surface area contributed by atoms with Crippen molar-refractivity contribution in [2.24, 2.45) is 4.99 Å². The van der Waals surface area contributed by atoms with Crippen molar-refractivity contribution in [2.75, 3.05) is 37.7 Å². The Morgan fingerprint density at radius 1 is 1.24 bits per heavy atom. The zero-order valence-electron chi connectivity index (χ0n) is 19.2. The molecule has 0 spiro atoms. The average molecular weight is 486 g/mol. The molecule has 2 N–H and O–H groups in total. The van der Waals surface area contributed by atoms with Crippen LogP contribution >= 0.6 is 11.3 Å². The number of ether oxygens (including phenoxy) is 1. The number of anilines is 1. The molecule has 0 saturated carbocycles. The lowest BCUT2D eigenvalue weighted by Crippen LogP contribution is -2.41. The van der Waals surface area contributed by atoms with E-state index < -0.39 is 0 Å². The summed E-state index contributed by atoms with van der Waals surface area (Å²) in [6.45, 7) is 7.58. The first kappa shape index (κ1) is 23.8. The number of carbonyl (C=O) groups is 1. The van der Waals surface area contributed by atoms with Gasteiger partial charge in [-0.15, -0.1) is 21.5 Å². The number of nitrogens with zero attached hydrogens (tertiary/aromatic N) is 5. The Kier molecular flexibility index (Phi) is 7.86. The summed E-state index contributed by atoms with van der Waals surface area (Å²) in [7, 11) is 0. The molecule has 180 valence electrons. The lowest BCUT2D eigenvalue weighted by atomic mass is 10.3. The Morgan fingerprint density at radius 3 is 2.76 bits per heavy atom. The molecule has 3 aromatic rings. The summed E-state index contributed by atoms with van der Waals surface area (Å²) < 4.78 is 21.0. The van der Waals surface area contributed by atoms with Gasteiger partial charge in [0.15, 0.2) is 10.6 Å². The maximum Gasteiger partial charge on any atom is 0.315 e. The summed E-state index contributed by atoms with van der Waals surface area (Å²) in [6.07, 6.45) is 0. The predicted molar refractivity (Wildman–Crippen MR) is 130 cm³/mol. The van der Waals surface area contributed by atoms with Gasteiger partial charge in [0, 0.05) is 37.6 Å². The van der Waals surface area contributed by atoms with Gasteiger partial charge in [-0.3, -0.25) is 0 Å². The van der Waals surface area contributed by atoms with Crippen LogP contribution in [0.4, 0.5) is 20.7 Å². The molecule has 1 aliphatic heterocycles. The number of aromatic nitrogens is 3. The number of hydrogen-bond donors (Lipinski definition) is 2. The molecule has 3 heterocycles. The normalized spacial score (nSPS) is 14.5. The molecule has 2 amide bonds. The maximum absolute atomic E-state index is 13.7. The van der Waals surface area contributed by atoms with E-state index in [0.717, 1.165) is 24.6 Å². The number of urea groups is 1. The van der Waals surface area contributed by atoms with E-state index in [1.54, 1.807) is 12.1 Å². The number of hydrogen-bond acceptors (Lipinski definition) is 7. The molecule has 0 bridgehead atoms. The molecule has 4 rings (SSSR count). The molecule has 11 heteroatoms. The minimum atomic E-state index is -0.346. The van der Waals surface area contributed by atoms with Gasteiger partial charge < -0.3 is 24.8 Å². The second-order valence-electron chi connectivity index (χ2n) is 8.08. The van der Waals surface area contributed by atoms with Gasteiger partial charge in [0.1, 0.15) is 11.5 Å². The molecule has 0 unspecified atom stereocenters. The molecule has 1 aromatic carbocycles. The van der Waals surface area contributed by atoms with Crippen molar-refractivity contribution in [3.63, 3.8) is 0 Å². The average Bonchev–Trinajstić information content (AvgIpc) is 3.21. The molecule has 1 saturated heterocycles. The third-order valence-corrected chi connectivity index (χ3v) is 5.98. The van der Waals surface area contributed by atoms with E-state index >= 15 is 0 Å². The Hall–Kier alpha value is -3.31. The van der Waals surface area contributed by atoms with Crippen LogP contribution in [0.3, 0.4) is 0 Å². The van der Waals surface area contributed by atoms with E-state index in [1.807, 2.05) is 35.9 Å². The van der Waals surface area contributed by atoms with Crippen molar-refractivity contribution in [1.82, 2.24) is 25.4 Å². The number of carbonyl (C=O) groups excluding carboxylic acids is 1. The fraction of sp³-hybridized carbons (Fsp3) is 0.391. The number of nitrogens with one attached hydrogen (secondary N) is 2. The summed E-state index contributed by atoms with van der Waals surface area (Å²) in [4.78, 5) is 19.5. The highest BCUT2D eigenvalue weighted by atomic mass is 32.1. The number of morpholine rings is 1. The van der Waals surface area contributed by atoms with Gasteiger partial charge in [-0.1, -0.05) is 6.07 Å². The van der Waals surface area contributed by atoms with Crippen LogP contribution in [0.25, 0.3) is 11.4 Å². The second-order valence-corrected chi connectivity index (χ2v) is 8.91. The van der Waals surface area contributed by atoms with Crippen LogP contribution in [0.5, 0.6) is 0 Å². The summed E-state index contributed by atoms with van der Waals surface area (Å²) in [5, 5.41) is 16.5. The van der Waals surface area contributed by atoms with Crippen LogP contribution < -0.4 is 20.3 Å². The van der Waals surface area contributed by atoms with Crippen molar-refractivity contribution in [2.45, 2.75) is 26.4 Å². The largest absolute Gasteiger partial charge is 0.378 e. The SMILES string of the molecule is CC(C)NC(=O)NCCn1c(-c2ccc(N3CCOCC3)nn2)csc1=Nc1cccc(F)c1. The molecule has 1 fully saturated rings. The van der Waals surface area contributed by atoms with E-state index in [2.05, 4.69) is 30.7 Å². The number of benzene rings is 1. The first-order valence-electron chi connectivity index (χ1n) is 11.2. The third-order valence-electron chi connectivity index (χ3n) is 5.12. The summed E-state index contributed by atoms with van der Waals surface area (Å²) in [6, 6.07) is 9.84. The summed E-state index contributed by atoms with van der Waals surface area (Å²) >= 11 is 1.42. The first-order chi connectivity index (χ1) is 16.5.